The van der Waals surface area contributed by atoms with E-state index >= 15 is 0 Å². The summed E-state index contributed by atoms with van der Waals surface area (Å²) in [7, 11) is 0. The van der Waals surface area contributed by atoms with Gasteiger partial charge in [0.25, 0.3) is 0 Å². The molecule has 1 unspecified atom stereocenters. The van der Waals surface area contributed by atoms with Crippen molar-refractivity contribution in [2.75, 3.05) is 0 Å². The summed E-state index contributed by atoms with van der Waals surface area (Å²) in [5.41, 5.74) is 2.13. The third-order valence-electron chi connectivity index (χ3n) is 4.24. The lowest BCUT2D eigenvalue weighted by Crippen LogP contribution is -2.12. The molecule has 1 atom stereocenters. The van der Waals surface area contributed by atoms with Crippen LogP contribution in [-0.2, 0) is 13.0 Å². The first-order valence-electron chi connectivity index (χ1n) is 7.52. The van der Waals surface area contributed by atoms with Crippen LogP contribution in [0.15, 0.2) is 18.2 Å². The first-order valence-corrected chi connectivity index (χ1v) is 7.52. The van der Waals surface area contributed by atoms with E-state index in [2.05, 4.69) is 15.5 Å². The fraction of sp³-hybridized carbons (Fsp3) is 0.533. The Labute approximate surface area is 122 Å². The highest BCUT2D eigenvalue weighted by Gasteiger charge is 2.28. The number of hydrogen-bond acceptors (Lipinski definition) is 5. The van der Waals surface area contributed by atoms with Crippen molar-refractivity contribution in [2.45, 2.75) is 50.9 Å². The van der Waals surface area contributed by atoms with Gasteiger partial charge in [0, 0.05) is 0 Å². The molecule has 2 aromatic rings. The van der Waals surface area contributed by atoms with Crippen molar-refractivity contribution in [2.24, 2.45) is 0 Å². The Balaban J connectivity index is 1.55. The van der Waals surface area contributed by atoms with Gasteiger partial charge in [-0.1, -0.05) is 12.1 Å². The lowest BCUT2D eigenvalue weighted by Gasteiger charge is -2.23. The summed E-state index contributed by atoms with van der Waals surface area (Å²) in [5.74, 6) is 1.61. The SMILES string of the molecule is OC1CCCc2c(OCc3nnnn3C3CC3)cccc21. The lowest BCUT2D eigenvalue weighted by atomic mass is 9.89. The van der Waals surface area contributed by atoms with Gasteiger partial charge < -0.3 is 9.84 Å². The molecule has 1 aromatic carbocycles. The normalized spacial score (nSPS) is 21.1. The van der Waals surface area contributed by atoms with E-state index in [1.54, 1.807) is 0 Å². The van der Waals surface area contributed by atoms with Crippen molar-refractivity contribution in [3.63, 3.8) is 0 Å². The van der Waals surface area contributed by atoms with E-state index in [0.717, 1.165) is 54.8 Å². The highest BCUT2D eigenvalue weighted by atomic mass is 16.5. The summed E-state index contributed by atoms with van der Waals surface area (Å²) < 4.78 is 7.81. The number of rotatable bonds is 4. The molecule has 0 spiro atoms. The number of aliphatic hydroxyl groups is 1. The number of fused-ring (bicyclic) bond motifs is 1. The number of ether oxygens (including phenoxy) is 1. The zero-order valence-electron chi connectivity index (χ0n) is 11.8. The fourth-order valence-electron chi connectivity index (χ4n) is 2.98. The molecule has 21 heavy (non-hydrogen) atoms. The molecule has 2 aliphatic carbocycles. The smallest absolute Gasteiger partial charge is 0.189 e. The van der Waals surface area contributed by atoms with Crippen LogP contribution in [0.25, 0.3) is 0 Å². The summed E-state index contributed by atoms with van der Waals surface area (Å²) in [4.78, 5) is 0. The first-order chi connectivity index (χ1) is 10.3. The standard InChI is InChI=1S/C15H18N4O2/c20-13-5-1-4-12-11(13)3-2-6-14(12)21-9-15-16-17-18-19(15)10-7-8-10/h2-3,6,10,13,20H,1,4-5,7-9H2. The summed E-state index contributed by atoms with van der Waals surface area (Å²) in [6, 6.07) is 6.33. The molecule has 6 nitrogen and oxygen atoms in total. The van der Waals surface area contributed by atoms with Gasteiger partial charge in [-0.3, -0.25) is 0 Å². The van der Waals surface area contributed by atoms with Gasteiger partial charge in [0.15, 0.2) is 5.82 Å². The first kappa shape index (κ1) is 12.8. The Morgan fingerprint density at radius 2 is 2.19 bits per heavy atom. The van der Waals surface area contributed by atoms with Crippen LogP contribution < -0.4 is 4.74 Å². The number of aromatic nitrogens is 4. The van der Waals surface area contributed by atoms with Gasteiger partial charge in [-0.2, -0.15) is 0 Å². The molecule has 1 N–H and O–H groups in total. The largest absolute Gasteiger partial charge is 0.485 e. The zero-order chi connectivity index (χ0) is 14.2. The van der Waals surface area contributed by atoms with E-state index in [1.165, 1.54) is 0 Å². The molecule has 1 fully saturated rings. The Morgan fingerprint density at radius 3 is 3.05 bits per heavy atom. The van der Waals surface area contributed by atoms with Crippen LogP contribution in [0.1, 0.15) is 54.8 Å². The van der Waals surface area contributed by atoms with Gasteiger partial charge in [0.05, 0.1) is 12.1 Å². The van der Waals surface area contributed by atoms with Crippen LogP contribution in [-0.4, -0.2) is 25.3 Å². The van der Waals surface area contributed by atoms with Crippen LogP contribution in [0, 0.1) is 0 Å². The van der Waals surface area contributed by atoms with Gasteiger partial charge >= 0.3 is 0 Å². The molecule has 0 radical (unpaired) electrons. The maximum atomic E-state index is 10.1. The van der Waals surface area contributed by atoms with Crippen molar-refractivity contribution in [1.29, 1.82) is 0 Å². The van der Waals surface area contributed by atoms with E-state index in [1.807, 2.05) is 22.9 Å². The number of benzene rings is 1. The predicted molar refractivity (Wildman–Crippen MR) is 74.8 cm³/mol. The van der Waals surface area contributed by atoms with E-state index < -0.39 is 0 Å². The van der Waals surface area contributed by atoms with Crippen LogP contribution in [0.4, 0.5) is 0 Å². The summed E-state index contributed by atoms with van der Waals surface area (Å²) in [5, 5.41) is 21.9. The van der Waals surface area contributed by atoms with Crippen LogP contribution in [0.5, 0.6) is 5.75 Å². The summed E-state index contributed by atoms with van der Waals surface area (Å²) in [6.45, 7) is 0.371. The highest BCUT2D eigenvalue weighted by molar-refractivity contribution is 5.42. The fourth-order valence-corrected chi connectivity index (χ4v) is 2.98. The molecule has 0 bridgehead atoms. The van der Waals surface area contributed by atoms with Crippen LogP contribution in [0.2, 0.25) is 0 Å². The molecule has 110 valence electrons. The lowest BCUT2D eigenvalue weighted by molar-refractivity contribution is 0.155. The third-order valence-corrected chi connectivity index (χ3v) is 4.24. The second-order valence-electron chi connectivity index (χ2n) is 5.79. The number of hydrogen-bond donors (Lipinski definition) is 1. The molecule has 1 aromatic heterocycles. The van der Waals surface area contributed by atoms with Gasteiger partial charge in [-0.25, -0.2) is 4.68 Å². The second kappa shape index (κ2) is 5.11. The van der Waals surface area contributed by atoms with Gasteiger partial charge in [-0.05, 0) is 59.7 Å². The molecule has 0 aliphatic heterocycles. The average Bonchev–Trinajstić information content (AvgIpc) is 3.24. The second-order valence-corrected chi connectivity index (χ2v) is 5.79. The van der Waals surface area contributed by atoms with Crippen LogP contribution >= 0.6 is 0 Å². The van der Waals surface area contributed by atoms with E-state index in [4.69, 9.17) is 4.74 Å². The number of aliphatic hydroxyl groups excluding tert-OH is 1. The Kier molecular flexibility index (Phi) is 3.11. The van der Waals surface area contributed by atoms with Crippen molar-refractivity contribution in [1.82, 2.24) is 20.2 Å². The molecule has 4 rings (SSSR count). The maximum absolute atomic E-state index is 10.1. The molecule has 0 saturated heterocycles. The molecule has 2 aliphatic rings. The molecule has 6 heteroatoms. The topological polar surface area (TPSA) is 73.1 Å². The monoisotopic (exact) mass is 286 g/mol. The van der Waals surface area contributed by atoms with E-state index in [-0.39, 0.29) is 6.10 Å². The zero-order valence-corrected chi connectivity index (χ0v) is 11.8. The molecular weight excluding hydrogens is 268 g/mol. The minimum Gasteiger partial charge on any atom is -0.485 e. The average molecular weight is 286 g/mol. The van der Waals surface area contributed by atoms with Crippen molar-refractivity contribution in [3.05, 3.63) is 35.2 Å². The summed E-state index contributed by atoms with van der Waals surface area (Å²) in [6.07, 6.45) is 4.70. The Morgan fingerprint density at radius 1 is 1.29 bits per heavy atom. The maximum Gasteiger partial charge on any atom is 0.189 e. The molecule has 1 saturated carbocycles. The minimum absolute atomic E-state index is 0.367. The number of nitrogens with zero attached hydrogens (tertiary/aromatic N) is 4. The van der Waals surface area contributed by atoms with Gasteiger partial charge in [-0.15, -0.1) is 5.10 Å². The summed E-state index contributed by atoms with van der Waals surface area (Å²) >= 11 is 0. The van der Waals surface area contributed by atoms with Crippen molar-refractivity contribution < 1.29 is 9.84 Å². The van der Waals surface area contributed by atoms with E-state index in [9.17, 15) is 5.11 Å². The molecular formula is C15H18N4O2. The van der Waals surface area contributed by atoms with Gasteiger partial charge in [0.1, 0.15) is 12.4 Å². The predicted octanol–water partition coefficient (Wildman–Crippen LogP) is 1.96. The number of tetrazole rings is 1. The quantitative estimate of drug-likeness (QED) is 0.930. The minimum atomic E-state index is -0.367. The Bertz CT molecular complexity index is 651. The van der Waals surface area contributed by atoms with Gasteiger partial charge in [0.2, 0.25) is 0 Å². The highest BCUT2D eigenvalue weighted by Crippen LogP contribution is 2.36. The Hall–Kier alpha value is -1.95. The van der Waals surface area contributed by atoms with Crippen LogP contribution in [0.3, 0.4) is 0 Å². The van der Waals surface area contributed by atoms with Crippen molar-refractivity contribution in [3.8, 4) is 5.75 Å². The molecule has 1 heterocycles. The van der Waals surface area contributed by atoms with Crippen molar-refractivity contribution >= 4 is 0 Å². The molecule has 0 amide bonds. The van der Waals surface area contributed by atoms with E-state index in [0.29, 0.717) is 12.6 Å². The third kappa shape index (κ3) is 2.40.